The van der Waals surface area contributed by atoms with Gasteiger partial charge in [0.2, 0.25) is 5.75 Å². The van der Waals surface area contributed by atoms with Crippen LogP contribution in [0.25, 0.3) is 0 Å². The van der Waals surface area contributed by atoms with Crippen molar-refractivity contribution in [2.45, 2.75) is 0 Å². The van der Waals surface area contributed by atoms with Crippen LogP contribution in [-0.2, 0) is 4.79 Å². The molecule has 1 aromatic rings. The van der Waals surface area contributed by atoms with Gasteiger partial charge in [0, 0.05) is 6.07 Å². The molecule has 0 atom stereocenters. The molecule has 0 fully saturated rings. The summed E-state index contributed by atoms with van der Waals surface area (Å²) in [6, 6.07) is 2.12. The minimum atomic E-state index is -1.28. The number of methoxy groups -OCH3 is 2. The first kappa shape index (κ1) is 16.0. The molecule has 10 heteroatoms. The molecule has 0 aliphatic carbocycles. The molecule has 1 aromatic carbocycles. The number of carboxylic acid groups (broad SMARTS) is 1. The second-order valence-corrected chi connectivity index (χ2v) is 3.57. The molecular weight excluding hydrogens is 288 g/mol. The summed E-state index contributed by atoms with van der Waals surface area (Å²) in [6.07, 6.45) is -1.15. The molecule has 0 saturated carbocycles. The zero-order valence-electron chi connectivity index (χ0n) is 11.1. The van der Waals surface area contributed by atoms with Crippen LogP contribution >= 0.6 is 0 Å². The van der Waals surface area contributed by atoms with Crippen LogP contribution in [0, 0.1) is 10.1 Å². The Morgan fingerprint density at radius 1 is 1.24 bits per heavy atom. The van der Waals surface area contributed by atoms with Crippen LogP contribution in [0.5, 0.6) is 17.2 Å². The molecular formula is C11H12N2O8. The first-order valence-corrected chi connectivity index (χ1v) is 5.47. The first-order valence-electron chi connectivity index (χ1n) is 5.47. The smallest absolute Gasteiger partial charge is 0.413 e. The summed E-state index contributed by atoms with van der Waals surface area (Å²) in [6.45, 7) is -0.681. The van der Waals surface area contributed by atoms with Crippen molar-refractivity contribution in [1.29, 1.82) is 0 Å². The number of carbonyl (C=O) groups excluding carboxylic acids is 1. The van der Waals surface area contributed by atoms with Crippen molar-refractivity contribution < 1.29 is 33.8 Å². The van der Waals surface area contributed by atoms with Gasteiger partial charge in [-0.05, 0) is 0 Å². The first-order chi connectivity index (χ1) is 9.88. The van der Waals surface area contributed by atoms with Gasteiger partial charge in [-0.1, -0.05) is 0 Å². The van der Waals surface area contributed by atoms with Crippen LogP contribution in [-0.4, -0.2) is 42.9 Å². The molecule has 0 bridgehead atoms. The number of aliphatic carboxylic acids is 1. The highest BCUT2D eigenvalue weighted by Gasteiger charge is 2.23. The Morgan fingerprint density at radius 2 is 1.81 bits per heavy atom. The Labute approximate surface area is 118 Å². The zero-order chi connectivity index (χ0) is 16.0. The van der Waals surface area contributed by atoms with E-state index in [9.17, 15) is 19.7 Å². The molecule has 1 amide bonds. The molecule has 114 valence electrons. The Kier molecular flexibility index (Phi) is 5.29. The molecule has 0 aliphatic rings. The van der Waals surface area contributed by atoms with Crippen LogP contribution in [0.2, 0.25) is 0 Å². The standard InChI is InChI=1S/C11H12N2O8/c1-19-8-3-6(13(17)18)7(4-9(8)20-2)21-11(16)12-5-10(14)15/h3-4H,5H2,1-2H3,(H,12,16)(H,14,15). The van der Waals surface area contributed by atoms with Crippen molar-refractivity contribution in [1.82, 2.24) is 5.32 Å². The molecule has 0 radical (unpaired) electrons. The second kappa shape index (κ2) is 6.93. The fourth-order valence-electron chi connectivity index (χ4n) is 1.36. The molecule has 0 aliphatic heterocycles. The maximum Gasteiger partial charge on any atom is 0.413 e. The van der Waals surface area contributed by atoms with Crippen molar-refractivity contribution >= 4 is 17.7 Å². The third kappa shape index (κ3) is 4.23. The van der Waals surface area contributed by atoms with Crippen LogP contribution in [0.1, 0.15) is 0 Å². The average molecular weight is 300 g/mol. The molecule has 21 heavy (non-hydrogen) atoms. The normalized spacial score (nSPS) is 9.62. The third-order valence-electron chi connectivity index (χ3n) is 2.25. The number of ether oxygens (including phenoxy) is 3. The zero-order valence-corrected chi connectivity index (χ0v) is 11.1. The fraction of sp³-hybridized carbons (Fsp3) is 0.273. The topological polar surface area (TPSA) is 137 Å². The van der Waals surface area contributed by atoms with Crippen molar-refractivity contribution in [2.24, 2.45) is 0 Å². The van der Waals surface area contributed by atoms with E-state index in [-0.39, 0.29) is 11.5 Å². The van der Waals surface area contributed by atoms with Crippen LogP contribution in [0.4, 0.5) is 10.5 Å². The van der Waals surface area contributed by atoms with E-state index in [4.69, 9.17) is 19.3 Å². The van der Waals surface area contributed by atoms with Crippen molar-refractivity contribution in [2.75, 3.05) is 20.8 Å². The molecule has 1 rings (SSSR count). The molecule has 0 saturated heterocycles. The van der Waals surface area contributed by atoms with E-state index in [1.807, 2.05) is 5.32 Å². The van der Waals surface area contributed by atoms with Crippen molar-refractivity contribution in [3.8, 4) is 17.2 Å². The summed E-state index contributed by atoms with van der Waals surface area (Å²) in [4.78, 5) is 31.8. The highest BCUT2D eigenvalue weighted by Crippen LogP contribution is 2.39. The summed E-state index contributed by atoms with van der Waals surface area (Å²) < 4.78 is 14.5. The summed E-state index contributed by atoms with van der Waals surface area (Å²) >= 11 is 0. The van der Waals surface area contributed by atoms with Gasteiger partial charge in [-0.25, -0.2) is 4.79 Å². The molecule has 0 heterocycles. The average Bonchev–Trinajstić information content (AvgIpc) is 2.44. The number of carboxylic acids is 1. The van der Waals surface area contributed by atoms with Crippen molar-refractivity contribution in [3.63, 3.8) is 0 Å². The lowest BCUT2D eigenvalue weighted by molar-refractivity contribution is -0.385. The van der Waals surface area contributed by atoms with Gasteiger partial charge < -0.3 is 24.6 Å². The summed E-state index contributed by atoms with van der Waals surface area (Å²) in [7, 11) is 2.60. The lowest BCUT2D eigenvalue weighted by Gasteiger charge is -2.10. The van der Waals surface area contributed by atoms with Crippen LogP contribution in [0.15, 0.2) is 12.1 Å². The number of nitrogens with zero attached hydrogens (tertiary/aromatic N) is 1. The number of hydrogen-bond donors (Lipinski definition) is 2. The van der Waals surface area contributed by atoms with Crippen molar-refractivity contribution in [3.05, 3.63) is 22.2 Å². The van der Waals surface area contributed by atoms with E-state index < -0.39 is 35.0 Å². The lowest BCUT2D eigenvalue weighted by Crippen LogP contribution is -2.31. The van der Waals surface area contributed by atoms with Gasteiger partial charge in [0.25, 0.3) is 0 Å². The predicted octanol–water partition coefficient (Wildman–Crippen LogP) is 0.785. The number of carbonyl (C=O) groups is 2. The second-order valence-electron chi connectivity index (χ2n) is 3.57. The minimum Gasteiger partial charge on any atom is -0.493 e. The van der Waals surface area contributed by atoms with Crippen LogP contribution < -0.4 is 19.5 Å². The fourth-order valence-corrected chi connectivity index (χ4v) is 1.36. The molecule has 0 spiro atoms. The molecule has 0 unspecified atom stereocenters. The number of rotatable bonds is 6. The summed E-state index contributed by atoms with van der Waals surface area (Å²) in [5.74, 6) is -1.49. The highest BCUT2D eigenvalue weighted by atomic mass is 16.6. The summed E-state index contributed by atoms with van der Waals surface area (Å²) in [5.41, 5.74) is -0.530. The van der Waals surface area contributed by atoms with Crippen LogP contribution in [0.3, 0.4) is 0 Å². The molecule has 2 N–H and O–H groups in total. The molecule has 10 nitrogen and oxygen atoms in total. The van der Waals surface area contributed by atoms with E-state index in [2.05, 4.69) is 0 Å². The number of nitro benzene ring substituents is 1. The Balaban J connectivity index is 3.06. The molecule has 0 aromatic heterocycles. The summed E-state index contributed by atoms with van der Waals surface area (Å²) in [5, 5.41) is 21.3. The largest absolute Gasteiger partial charge is 0.493 e. The maximum absolute atomic E-state index is 11.4. The Bertz CT molecular complexity index is 572. The van der Waals surface area contributed by atoms with Gasteiger partial charge >= 0.3 is 17.7 Å². The monoisotopic (exact) mass is 300 g/mol. The van der Waals surface area contributed by atoms with Gasteiger partial charge in [-0.2, -0.15) is 0 Å². The SMILES string of the molecule is COc1cc(OC(=O)NCC(=O)O)c([N+](=O)[O-])cc1OC. The third-order valence-corrected chi connectivity index (χ3v) is 2.25. The van der Waals surface area contributed by atoms with E-state index in [0.29, 0.717) is 0 Å². The Hall–Kier alpha value is -3.04. The van der Waals surface area contributed by atoms with E-state index >= 15 is 0 Å². The highest BCUT2D eigenvalue weighted by molar-refractivity contribution is 5.78. The predicted molar refractivity (Wildman–Crippen MR) is 67.9 cm³/mol. The number of nitrogens with one attached hydrogen (secondary N) is 1. The van der Waals surface area contributed by atoms with Gasteiger partial charge in [0.1, 0.15) is 6.54 Å². The van der Waals surface area contributed by atoms with Gasteiger partial charge in [0.15, 0.2) is 11.5 Å². The van der Waals surface area contributed by atoms with Gasteiger partial charge in [-0.15, -0.1) is 0 Å². The Morgan fingerprint density at radius 3 is 2.29 bits per heavy atom. The number of benzene rings is 1. The number of nitro groups is 1. The van der Waals surface area contributed by atoms with Gasteiger partial charge in [-0.3, -0.25) is 14.9 Å². The van der Waals surface area contributed by atoms with Gasteiger partial charge in [0.05, 0.1) is 25.2 Å². The quantitative estimate of drug-likeness (QED) is 0.580. The lowest BCUT2D eigenvalue weighted by atomic mass is 10.2. The number of amides is 1. The number of hydrogen-bond acceptors (Lipinski definition) is 7. The van der Waals surface area contributed by atoms with E-state index in [1.165, 1.54) is 14.2 Å². The maximum atomic E-state index is 11.4. The van der Waals surface area contributed by atoms with E-state index in [0.717, 1.165) is 12.1 Å². The van der Waals surface area contributed by atoms with E-state index in [1.54, 1.807) is 0 Å². The minimum absolute atomic E-state index is 0.0856.